The molecule has 148 valence electrons. The average molecular weight is 388 g/mol. The molecule has 3 aromatic rings. The second-order valence-corrected chi connectivity index (χ2v) is 7.44. The van der Waals surface area contributed by atoms with Gasteiger partial charge in [0.25, 0.3) is 5.91 Å². The van der Waals surface area contributed by atoms with Crippen LogP contribution in [0, 0.1) is 0 Å². The van der Waals surface area contributed by atoms with E-state index in [9.17, 15) is 4.79 Å². The number of likely N-dealkylation sites (tertiary alicyclic amines) is 1. The Labute approximate surface area is 170 Å². The van der Waals surface area contributed by atoms with Crippen molar-refractivity contribution in [1.82, 2.24) is 24.8 Å². The minimum Gasteiger partial charge on any atom is -0.363 e. The lowest BCUT2D eigenvalue weighted by Gasteiger charge is -2.33. The zero-order valence-electron chi connectivity index (χ0n) is 16.7. The van der Waals surface area contributed by atoms with Gasteiger partial charge in [-0.15, -0.1) is 0 Å². The summed E-state index contributed by atoms with van der Waals surface area (Å²) in [6, 6.07) is 9.47. The summed E-state index contributed by atoms with van der Waals surface area (Å²) in [7, 11) is 3.95. The molecule has 1 fully saturated rings. The van der Waals surface area contributed by atoms with Crippen LogP contribution in [0.15, 0.2) is 55.1 Å². The summed E-state index contributed by atoms with van der Waals surface area (Å²) in [4.78, 5) is 34.5. The second-order valence-electron chi connectivity index (χ2n) is 7.44. The van der Waals surface area contributed by atoms with Gasteiger partial charge in [-0.1, -0.05) is 0 Å². The van der Waals surface area contributed by atoms with Crippen molar-refractivity contribution in [1.29, 1.82) is 0 Å². The topological polar surface area (TPSA) is 75.1 Å². The first-order valence-corrected chi connectivity index (χ1v) is 9.78. The van der Waals surface area contributed by atoms with Gasteiger partial charge in [0.1, 0.15) is 5.82 Å². The van der Waals surface area contributed by atoms with Crippen molar-refractivity contribution in [2.75, 3.05) is 32.1 Å². The monoisotopic (exact) mass is 388 g/mol. The maximum absolute atomic E-state index is 12.9. The third-order valence-corrected chi connectivity index (χ3v) is 5.16. The highest BCUT2D eigenvalue weighted by Gasteiger charge is 2.27. The number of hydrogen-bond donors (Lipinski definition) is 0. The lowest BCUT2D eigenvalue weighted by Crippen LogP contribution is -2.39. The van der Waals surface area contributed by atoms with E-state index in [1.807, 2.05) is 48.2 Å². The van der Waals surface area contributed by atoms with Gasteiger partial charge in [0, 0.05) is 69.5 Å². The summed E-state index contributed by atoms with van der Waals surface area (Å²) >= 11 is 0. The Hall–Kier alpha value is -3.35. The average Bonchev–Trinajstić information content (AvgIpc) is 2.79. The Morgan fingerprint density at radius 3 is 2.66 bits per heavy atom. The minimum absolute atomic E-state index is 0.0269. The molecular formula is C22H24N6O. The normalized spacial score (nSPS) is 16.5. The molecule has 1 atom stereocenters. The number of amides is 1. The lowest BCUT2D eigenvalue weighted by molar-refractivity contribution is 0.0705. The van der Waals surface area contributed by atoms with Crippen molar-refractivity contribution in [3.05, 3.63) is 66.4 Å². The third-order valence-electron chi connectivity index (χ3n) is 5.16. The number of carbonyl (C=O) groups excluding carboxylic acids is 1. The van der Waals surface area contributed by atoms with E-state index >= 15 is 0 Å². The van der Waals surface area contributed by atoms with E-state index in [1.165, 1.54) is 0 Å². The van der Waals surface area contributed by atoms with Crippen LogP contribution in [0.3, 0.4) is 0 Å². The van der Waals surface area contributed by atoms with Crippen LogP contribution >= 0.6 is 0 Å². The Morgan fingerprint density at radius 1 is 1.10 bits per heavy atom. The molecule has 4 heterocycles. The number of carbonyl (C=O) groups is 1. The number of anilines is 1. The fourth-order valence-corrected chi connectivity index (χ4v) is 3.60. The van der Waals surface area contributed by atoms with Crippen LogP contribution in [0.1, 0.15) is 34.8 Å². The van der Waals surface area contributed by atoms with Crippen molar-refractivity contribution in [2.45, 2.75) is 18.8 Å². The minimum atomic E-state index is 0.0269. The predicted molar refractivity (Wildman–Crippen MR) is 112 cm³/mol. The van der Waals surface area contributed by atoms with Gasteiger partial charge in [0.05, 0.1) is 11.3 Å². The molecule has 0 radical (unpaired) electrons. The van der Waals surface area contributed by atoms with E-state index in [2.05, 4.69) is 9.97 Å². The standard InChI is InChI=1S/C22H24N6O/c1-27(2)20-13-19(25-21(26-20)16-7-10-23-11-8-16)18-6-4-12-28(15-18)22(29)17-5-3-9-24-14-17/h3,5,7-11,13-14,18H,4,6,12,15H2,1-2H3. The Balaban J connectivity index is 1.63. The summed E-state index contributed by atoms with van der Waals surface area (Å²) in [6.07, 6.45) is 8.74. The van der Waals surface area contributed by atoms with E-state index in [1.54, 1.807) is 30.9 Å². The van der Waals surface area contributed by atoms with Crippen LogP contribution < -0.4 is 4.90 Å². The molecular weight excluding hydrogens is 364 g/mol. The smallest absolute Gasteiger partial charge is 0.255 e. The quantitative estimate of drug-likeness (QED) is 0.684. The molecule has 7 heteroatoms. The molecule has 29 heavy (non-hydrogen) atoms. The number of nitrogens with zero attached hydrogens (tertiary/aromatic N) is 6. The molecule has 0 saturated carbocycles. The summed E-state index contributed by atoms with van der Waals surface area (Å²) in [5.41, 5.74) is 2.53. The Bertz CT molecular complexity index is 977. The van der Waals surface area contributed by atoms with Gasteiger partial charge >= 0.3 is 0 Å². The largest absolute Gasteiger partial charge is 0.363 e. The SMILES string of the molecule is CN(C)c1cc(C2CCCN(C(=O)c3cccnc3)C2)nc(-c2ccncc2)n1. The number of aromatic nitrogens is 4. The van der Waals surface area contributed by atoms with Gasteiger partial charge in [-0.05, 0) is 37.1 Å². The Morgan fingerprint density at radius 2 is 1.93 bits per heavy atom. The number of piperidine rings is 1. The van der Waals surface area contributed by atoms with E-state index in [0.29, 0.717) is 17.9 Å². The van der Waals surface area contributed by atoms with Crippen LogP contribution in [-0.4, -0.2) is 57.9 Å². The highest BCUT2D eigenvalue weighted by atomic mass is 16.2. The van der Waals surface area contributed by atoms with Gasteiger partial charge in [-0.3, -0.25) is 14.8 Å². The molecule has 0 N–H and O–H groups in total. The predicted octanol–water partition coefficient (Wildman–Crippen LogP) is 3.02. The molecule has 1 aliphatic heterocycles. The van der Waals surface area contributed by atoms with Crippen LogP contribution in [0.2, 0.25) is 0 Å². The fourth-order valence-electron chi connectivity index (χ4n) is 3.60. The molecule has 0 bridgehead atoms. The molecule has 7 nitrogen and oxygen atoms in total. The van der Waals surface area contributed by atoms with Crippen molar-refractivity contribution >= 4 is 11.7 Å². The fraction of sp³-hybridized carbons (Fsp3) is 0.318. The summed E-state index contributed by atoms with van der Waals surface area (Å²) in [5, 5.41) is 0. The number of hydrogen-bond acceptors (Lipinski definition) is 6. The molecule has 1 unspecified atom stereocenters. The van der Waals surface area contributed by atoms with Gasteiger partial charge < -0.3 is 9.80 Å². The van der Waals surface area contributed by atoms with Gasteiger partial charge in [0.2, 0.25) is 0 Å². The molecule has 0 aliphatic carbocycles. The molecule has 1 saturated heterocycles. The van der Waals surface area contributed by atoms with Crippen LogP contribution in [0.4, 0.5) is 5.82 Å². The third kappa shape index (κ3) is 4.23. The molecule has 0 spiro atoms. The number of rotatable bonds is 4. The summed E-state index contributed by atoms with van der Waals surface area (Å²) in [6.45, 7) is 1.40. The maximum Gasteiger partial charge on any atom is 0.255 e. The first-order chi connectivity index (χ1) is 14.1. The van der Waals surface area contributed by atoms with Crippen molar-refractivity contribution in [2.24, 2.45) is 0 Å². The zero-order chi connectivity index (χ0) is 20.2. The zero-order valence-corrected chi connectivity index (χ0v) is 16.7. The van der Waals surface area contributed by atoms with E-state index in [0.717, 1.165) is 36.5 Å². The van der Waals surface area contributed by atoms with Crippen LogP contribution in [0.25, 0.3) is 11.4 Å². The maximum atomic E-state index is 12.9. The highest BCUT2D eigenvalue weighted by molar-refractivity contribution is 5.94. The Kier molecular flexibility index (Phi) is 5.46. The lowest BCUT2D eigenvalue weighted by atomic mass is 9.93. The van der Waals surface area contributed by atoms with Gasteiger partial charge in [0.15, 0.2) is 5.82 Å². The highest BCUT2D eigenvalue weighted by Crippen LogP contribution is 2.30. The van der Waals surface area contributed by atoms with Crippen LogP contribution in [0.5, 0.6) is 0 Å². The van der Waals surface area contributed by atoms with Crippen LogP contribution in [-0.2, 0) is 0 Å². The first kappa shape index (κ1) is 19.0. The van der Waals surface area contributed by atoms with Gasteiger partial charge in [-0.2, -0.15) is 0 Å². The van der Waals surface area contributed by atoms with E-state index in [4.69, 9.17) is 9.97 Å². The number of pyridine rings is 2. The summed E-state index contributed by atoms with van der Waals surface area (Å²) < 4.78 is 0. The molecule has 4 rings (SSSR count). The van der Waals surface area contributed by atoms with Gasteiger partial charge in [-0.25, -0.2) is 9.97 Å². The van der Waals surface area contributed by atoms with Crippen molar-refractivity contribution in [3.8, 4) is 11.4 Å². The molecule has 1 amide bonds. The second kappa shape index (κ2) is 8.34. The van der Waals surface area contributed by atoms with Crippen molar-refractivity contribution in [3.63, 3.8) is 0 Å². The van der Waals surface area contributed by atoms with E-state index in [-0.39, 0.29) is 11.8 Å². The first-order valence-electron chi connectivity index (χ1n) is 9.78. The van der Waals surface area contributed by atoms with Crippen molar-refractivity contribution < 1.29 is 4.79 Å². The molecule has 1 aliphatic rings. The van der Waals surface area contributed by atoms with E-state index < -0.39 is 0 Å². The molecule has 3 aromatic heterocycles. The summed E-state index contributed by atoms with van der Waals surface area (Å²) in [5.74, 6) is 1.74. The molecule has 0 aromatic carbocycles.